The summed E-state index contributed by atoms with van der Waals surface area (Å²) < 4.78 is 48.4. The molecule has 1 fully saturated rings. The van der Waals surface area contributed by atoms with Gasteiger partial charge in [-0.15, -0.1) is 0 Å². The van der Waals surface area contributed by atoms with Crippen LogP contribution in [-0.4, -0.2) is 127 Å². The van der Waals surface area contributed by atoms with Crippen molar-refractivity contribution in [3.05, 3.63) is 0 Å². The molecule has 12 nitrogen and oxygen atoms in total. The Balaban J connectivity index is 3.08. The van der Waals surface area contributed by atoms with E-state index < -0.39 is 42.5 Å². The highest BCUT2D eigenvalue weighted by Crippen LogP contribution is 2.24. The Morgan fingerprint density at radius 3 is 1.31 bits per heavy atom. The largest absolute Gasteiger partial charge is 0.463 e. The number of rotatable bonds is 48. The minimum atomic E-state index is -1.04. The number of hydrogen-bond acceptors (Lipinski definition) is 12. The van der Waals surface area contributed by atoms with Crippen molar-refractivity contribution in [1.82, 2.24) is 4.90 Å². The molecule has 0 aromatic rings. The molecule has 0 spiro atoms. The molecule has 0 N–H and O–H groups in total. The standard InChI is InChI=1S/C53H101NO11/c1-7-11-15-19-23-27-31-38-58-42-48(60-40-33-29-25-21-17-13-9-3)52(56)64-47-45-62-46(44-63-50(55)36-35-37-54(5)6)51(47)65-53(57)49(61-41-34-30-26-22-18-14-10-4)43-59-39-32-28-24-20-16-12-8-2/h46-49,51H,7-45H2,1-6H3/t46-,47+,48?,49?,51+/m1/s1. The fourth-order valence-corrected chi connectivity index (χ4v) is 7.91. The number of hydrogen-bond donors (Lipinski definition) is 0. The summed E-state index contributed by atoms with van der Waals surface area (Å²) in [4.78, 5) is 42.8. The Morgan fingerprint density at radius 1 is 0.508 bits per heavy atom. The van der Waals surface area contributed by atoms with E-state index in [2.05, 4.69) is 27.7 Å². The first-order valence-electron chi connectivity index (χ1n) is 27.0. The zero-order chi connectivity index (χ0) is 47.4. The first-order valence-corrected chi connectivity index (χ1v) is 27.0. The summed E-state index contributed by atoms with van der Waals surface area (Å²) in [5.74, 6) is -1.57. The Bertz CT molecular complexity index is 1090. The summed E-state index contributed by atoms with van der Waals surface area (Å²) in [6, 6.07) is 0. The Labute approximate surface area is 398 Å². The second-order valence-corrected chi connectivity index (χ2v) is 18.7. The molecule has 384 valence electrons. The van der Waals surface area contributed by atoms with Crippen LogP contribution in [0.2, 0.25) is 0 Å². The highest BCUT2D eigenvalue weighted by Gasteiger charge is 2.45. The fourth-order valence-electron chi connectivity index (χ4n) is 7.91. The number of carbonyl (C=O) groups excluding carboxylic acids is 3. The first kappa shape index (κ1) is 61.2. The number of esters is 3. The lowest BCUT2D eigenvalue weighted by atomic mass is 10.1. The predicted octanol–water partition coefficient (Wildman–Crippen LogP) is 11.9. The summed E-state index contributed by atoms with van der Waals surface area (Å²) in [6.45, 7) is 11.4. The third kappa shape index (κ3) is 35.0. The van der Waals surface area contributed by atoms with Gasteiger partial charge in [0.1, 0.15) is 12.7 Å². The van der Waals surface area contributed by atoms with Crippen molar-refractivity contribution in [3.63, 3.8) is 0 Å². The molecule has 0 aromatic carbocycles. The maximum absolute atomic E-state index is 14.1. The van der Waals surface area contributed by atoms with Crippen molar-refractivity contribution in [1.29, 1.82) is 0 Å². The van der Waals surface area contributed by atoms with Crippen molar-refractivity contribution in [3.8, 4) is 0 Å². The van der Waals surface area contributed by atoms with E-state index in [4.69, 9.17) is 37.9 Å². The third-order valence-electron chi connectivity index (χ3n) is 12.1. The molecule has 65 heavy (non-hydrogen) atoms. The Morgan fingerprint density at radius 2 is 0.892 bits per heavy atom. The highest BCUT2D eigenvalue weighted by molar-refractivity contribution is 5.76. The first-order chi connectivity index (χ1) is 31.8. The molecule has 0 aliphatic carbocycles. The Hall–Kier alpha value is -1.83. The van der Waals surface area contributed by atoms with Gasteiger partial charge in [0.2, 0.25) is 0 Å². The van der Waals surface area contributed by atoms with Crippen LogP contribution in [0.4, 0.5) is 0 Å². The molecule has 12 heteroatoms. The lowest BCUT2D eigenvalue weighted by molar-refractivity contribution is -0.184. The van der Waals surface area contributed by atoms with E-state index in [1.165, 1.54) is 116 Å². The van der Waals surface area contributed by atoms with Crippen molar-refractivity contribution in [2.24, 2.45) is 0 Å². The zero-order valence-corrected chi connectivity index (χ0v) is 42.9. The van der Waals surface area contributed by atoms with E-state index >= 15 is 0 Å². The summed E-state index contributed by atoms with van der Waals surface area (Å²) in [7, 11) is 3.91. The maximum atomic E-state index is 14.1. The number of ether oxygens (including phenoxy) is 8. The highest BCUT2D eigenvalue weighted by atomic mass is 16.7. The summed E-state index contributed by atoms with van der Waals surface area (Å²) in [6.07, 6.45) is 28.2. The molecule has 1 aliphatic rings. The molecule has 0 aromatic heterocycles. The molecular formula is C53H101NO11. The molecule has 2 unspecified atom stereocenters. The quantitative estimate of drug-likeness (QED) is 0.0327. The summed E-state index contributed by atoms with van der Waals surface area (Å²) in [5.41, 5.74) is 0. The SMILES string of the molecule is CCCCCCCCCOCC(OCCCCCCCCC)C(=O)O[C@@H]1[C@@H](OC(=O)C(COCCCCCCCCC)OCCCCCCCCC)CO[C@@H]1COC(=O)CCCN(C)C. The van der Waals surface area contributed by atoms with Gasteiger partial charge in [-0.1, -0.05) is 182 Å². The van der Waals surface area contributed by atoms with Crippen LogP contribution in [0.3, 0.4) is 0 Å². The van der Waals surface area contributed by atoms with E-state index in [1.54, 1.807) is 0 Å². The fraction of sp³-hybridized carbons (Fsp3) is 0.943. The number of nitrogens with zero attached hydrogens (tertiary/aromatic N) is 1. The lowest BCUT2D eigenvalue weighted by Gasteiger charge is -2.26. The lowest BCUT2D eigenvalue weighted by Crippen LogP contribution is -2.45. The van der Waals surface area contributed by atoms with E-state index in [0.717, 1.165) is 70.8 Å². The average Bonchev–Trinajstić information content (AvgIpc) is 3.66. The molecule has 0 radical (unpaired) electrons. The minimum Gasteiger partial charge on any atom is -0.463 e. The van der Waals surface area contributed by atoms with Gasteiger partial charge in [-0.25, -0.2) is 9.59 Å². The van der Waals surface area contributed by atoms with Gasteiger partial charge in [-0.2, -0.15) is 0 Å². The number of carbonyl (C=O) groups is 3. The van der Waals surface area contributed by atoms with Gasteiger partial charge >= 0.3 is 17.9 Å². The van der Waals surface area contributed by atoms with E-state index in [-0.39, 0.29) is 38.8 Å². The molecule has 0 amide bonds. The van der Waals surface area contributed by atoms with E-state index in [9.17, 15) is 14.4 Å². The molecule has 1 saturated heterocycles. The van der Waals surface area contributed by atoms with Crippen LogP contribution in [0.5, 0.6) is 0 Å². The monoisotopic (exact) mass is 928 g/mol. The molecule has 1 heterocycles. The van der Waals surface area contributed by atoms with Gasteiger partial charge in [-0.3, -0.25) is 4.79 Å². The van der Waals surface area contributed by atoms with Crippen LogP contribution < -0.4 is 0 Å². The molecule has 0 saturated carbocycles. The van der Waals surface area contributed by atoms with Crippen LogP contribution in [-0.2, 0) is 52.3 Å². The normalized spacial score (nSPS) is 17.1. The second-order valence-electron chi connectivity index (χ2n) is 18.7. The van der Waals surface area contributed by atoms with Crippen LogP contribution in [0, 0.1) is 0 Å². The van der Waals surface area contributed by atoms with Crippen LogP contribution >= 0.6 is 0 Å². The van der Waals surface area contributed by atoms with E-state index in [1.807, 2.05) is 19.0 Å². The maximum Gasteiger partial charge on any atom is 0.338 e. The minimum absolute atomic E-state index is 0.0335. The van der Waals surface area contributed by atoms with E-state index in [0.29, 0.717) is 32.8 Å². The zero-order valence-electron chi connectivity index (χ0n) is 42.9. The van der Waals surface area contributed by atoms with Gasteiger partial charge < -0.3 is 42.8 Å². The molecule has 5 atom stereocenters. The van der Waals surface area contributed by atoms with Crippen molar-refractivity contribution in [2.45, 2.75) is 251 Å². The van der Waals surface area contributed by atoms with Crippen molar-refractivity contribution in [2.75, 3.05) is 73.5 Å². The van der Waals surface area contributed by atoms with Gasteiger partial charge in [0, 0.05) is 32.8 Å². The van der Waals surface area contributed by atoms with Gasteiger partial charge in [0.25, 0.3) is 0 Å². The van der Waals surface area contributed by atoms with Crippen LogP contribution in [0.15, 0.2) is 0 Å². The van der Waals surface area contributed by atoms with Crippen molar-refractivity contribution >= 4 is 17.9 Å². The van der Waals surface area contributed by atoms with Crippen LogP contribution in [0.1, 0.15) is 220 Å². The summed E-state index contributed by atoms with van der Waals surface area (Å²) in [5, 5.41) is 0. The predicted molar refractivity (Wildman–Crippen MR) is 261 cm³/mol. The third-order valence-corrected chi connectivity index (χ3v) is 12.1. The van der Waals surface area contributed by atoms with Gasteiger partial charge in [-0.05, 0) is 52.7 Å². The average molecular weight is 928 g/mol. The van der Waals surface area contributed by atoms with Gasteiger partial charge in [0.15, 0.2) is 24.4 Å². The second kappa shape index (κ2) is 44.7. The van der Waals surface area contributed by atoms with Crippen molar-refractivity contribution < 1.29 is 52.3 Å². The molecule has 1 aliphatic heterocycles. The number of unbranched alkanes of at least 4 members (excludes halogenated alkanes) is 24. The van der Waals surface area contributed by atoms with Gasteiger partial charge in [0.05, 0.1) is 19.8 Å². The molecule has 1 rings (SSSR count). The smallest absolute Gasteiger partial charge is 0.338 e. The molecule has 0 bridgehead atoms. The van der Waals surface area contributed by atoms with Crippen LogP contribution in [0.25, 0.3) is 0 Å². The Kier molecular flexibility index (Phi) is 42.0. The molecular weight excluding hydrogens is 827 g/mol. The summed E-state index contributed by atoms with van der Waals surface area (Å²) >= 11 is 0. The topological polar surface area (TPSA) is 128 Å².